The molecule has 30 heavy (non-hydrogen) atoms. The maximum Gasteiger partial charge on any atom is 0.332 e. The van der Waals surface area contributed by atoms with Gasteiger partial charge in [-0.1, -0.05) is 94.8 Å². The zero-order valence-corrected chi connectivity index (χ0v) is 18.8. The smallest absolute Gasteiger partial charge is 0.332 e. The van der Waals surface area contributed by atoms with E-state index in [9.17, 15) is 4.79 Å². The summed E-state index contributed by atoms with van der Waals surface area (Å²) in [5.41, 5.74) is 2.16. The first-order valence-corrected chi connectivity index (χ1v) is 11.4. The van der Waals surface area contributed by atoms with E-state index in [1.807, 2.05) is 48.5 Å². The van der Waals surface area contributed by atoms with E-state index in [0.717, 1.165) is 17.5 Å². The van der Waals surface area contributed by atoms with Crippen LogP contribution in [0.4, 0.5) is 0 Å². The fraction of sp³-hybridized carbons (Fsp3) is 0.519. The van der Waals surface area contributed by atoms with Gasteiger partial charge in [0.25, 0.3) is 0 Å². The molecule has 1 saturated carbocycles. The molecule has 0 N–H and O–H groups in total. The molecule has 1 aliphatic rings. The van der Waals surface area contributed by atoms with Gasteiger partial charge in [0, 0.05) is 5.92 Å². The van der Waals surface area contributed by atoms with Gasteiger partial charge in [-0.05, 0) is 41.7 Å². The maximum atomic E-state index is 12.8. The Morgan fingerprint density at radius 1 is 0.933 bits per heavy atom. The fourth-order valence-electron chi connectivity index (χ4n) is 4.69. The second kappa shape index (κ2) is 10.8. The quantitative estimate of drug-likeness (QED) is 0.465. The lowest BCUT2D eigenvalue weighted by Crippen LogP contribution is -2.36. The molecule has 3 rings (SSSR count). The van der Waals surface area contributed by atoms with Crippen LogP contribution in [0, 0.1) is 17.8 Å². The first kappa shape index (κ1) is 22.6. The normalized spacial score (nSPS) is 23.7. The van der Waals surface area contributed by atoms with Crippen LogP contribution in [0.5, 0.6) is 0 Å². The number of hydrogen-bond donors (Lipinski definition) is 0. The summed E-state index contributed by atoms with van der Waals surface area (Å²) in [4.78, 5) is 12.8. The Bertz CT molecular complexity index is 771. The predicted molar refractivity (Wildman–Crippen MR) is 121 cm³/mol. The molecular weight excluding hydrogens is 372 g/mol. The van der Waals surface area contributed by atoms with E-state index in [1.165, 1.54) is 12.8 Å². The highest BCUT2D eigenvalue weighted by molar-refractivity contribution is 5.71. The molecule has 0 spiro atoms. The van der Waals surface area contributed by atoms with Crippen molar-refractivity contribution in [1.29, 1.82) is 0 Å². The molecule has 0 radical (unpaired) electrons. The number of carbonyl (C=O) groups excluding carboxylic acids is 1. The predicted octanol–water partition coefficient (Wildman–Crippen LogP) is 6.55. The lowest BCUT2D eigenvalue weighted by molar-refractivity contribution is -0.161. The third kappa shape index (κ3) is 5.95. The monoisotopic (exact) mass is 408 g/mol. The highest BCUT2D eigenvalue weighted by Crippen LogP contribution is 2.36. The molecule has 0 bridgehead atoms. The van der Waals surface area contributed by atoms with Gasteiger partial charge in [0.1, 0.15) is 12.7 Å². The van der Waals surface area contributed by atoms with Crippen LogP contribution in [0.15, 0.2) is 60.7 Å². The first-order valence-electron chi connectivity index (χ1n) is 11.4. The van der Waals surface area contributed by atoms with Crippen molar-refractivity contribution in [3.05, 3.63) is 71.8 Å². The Morgan fingerprint density at radius 3 is 2.13 bits per heavy atom. The Hall–Kier alpha value is -2.13. The van der Waals surface area contributed by atoms with Crippen LogP contribution in [0.25, 0.3) is 0 Å². The van der Waals surface area contributed by atoms with Gasteiger partial charge in [-0.2, -0.15) is 0 Å². The van der Waals surface area contributed by atoms with Crippen LogP contribution in [0.2, 0.25) is 0 Å². The van der Waals surface area contributed by atoms with E-state index < -0.39 is 0 Å². The molecule has 0 unspecified atom stereocenters. The zero-order valence-electron chi connectivity index (χ0n) is 18.8. The summed E-state index contributed by atoms with van der Waals surface area (Å²) in [6.07, 6.45) is 3.26. The lowest BCUT2D eigenvalue weighted by atomic mass is 9.75. The van der Waals surface area contributed by atoms with Crippen molar-refractivity contribution in [3.63, 3.8) is 0 Å². The minimum absolute atomic E-state index is 0.0193. The third-order valence-corrected chi connectivity index (χ3v) is 6.54. The van der Waals surface area contributed by atoms with Gasteiger partial charge in [-0.3, -0.25) is 0 Å². The van der Waals surface area contributed by atoms with Gasteiger partial charge in [0.05, 0.1) is 6.10 Å². The molecule has 2 aromatic carbocycles. The van der Waals surface area contributed by atoms with E-state index >= 15 is 0 Å². The van der Waals surface area contributed by atoms with Gasteiger partial charge in [0.15, 0.2) is 0 Å². The molecule has 0 aromatic heterocycles. The van der Waals surface area contributed by atoms with Crippen molar-refractivity contribution >= 4 is 5.97 Å². The molecule has 0 saturated heterocycles. The molecule has 162 valence electrons. The van der Waals surface area contributed by atoms with E-state index in [1.54, 1.807) is 0 Å². The van der Waals surface area contributed by atoms with Gasteiger partial charge >= 0.3 is 5.97 Å². The van der Waals surface area contributed by atoms with E-state index in [2.05, 4.69) is 39.8 Å². The van der Waals surface area contributed by atoms with Crippen LogP contribution in [0.3, 0.4) is 0 Å². The van der Waals surface area contributed by atoms with Gasteiger partial charge in [0.2, 0.25) is 0 Å². The molecule has 0 aliphatic heterocycles. The molecule has 3 nitrogen and oxygen atoms in total. The Labute approximate surface area is 181 Å². The van der Waals surface area contributed by atoms with Crippen molar-refractivity contribution in [3.8, 4) is 0 Å². The SMILES string of the molecule is CC(C)[C@@H]1CC[C@H](C)C[C@@H]1OCC(=O)O[C@H](c1ccccc1)[C@H](C)c1ccccc1. The fourth-order valence-corrected chi connectivity index (χ4v) is 4.69. The highest BCUT2D eigenvalue weighted by Gasteiger charge is 2.32. The van der Waals surface area contributed by atoms with E-state index in [4.69, 9.17) is 9.47 Å². The van der Waals surface area contributed by atoms with Crippen molar-refractivity contribution in [2.24, 2.45) is 17.8 Å². The number of ether oxygens (including phenoxy) is 2. The molecule has 1 fully saturated rings. The summed E-state index contributed by atoms with van der Waals surface area (Å²) in [6.45, 7) is 8.91. The van der Waals surface area contributed by atoms with Crippen LogP contribution in [-0.4, -0.2) is 18.7 Å². The van der Waals surface area contributed by atoms with Crippen molar-refractivity contribution in [1.82, 2.24) is 0 Å². The summed E-state index contributed by atoms with van der Waals surface area (Å²) in [5.74, 6) is 1.50. The second-order valence-electron chi connectivity index (χ2n) is 9.20. The molecule has 5 atom stereocenters. The summed E-state index contributed by atoms with van der Waals surface area (Å²) < 4.78 is 12.1. The highest BCUT2D eigenvalue weighted by atomic mass is 16.6. The molecule has 0 amide bonds. The van der Waals surface area contributed by atoms with Gasteiger partial charge in [-0.25, -0.2) is 4.79 Å². The van der Waals surface area contributed by atoms with Crippen molar-refractivity contribution < 1.29 is 14.3 Å². The molecule has 2 aromatic rings. The van der Waals surface area contributed by atoms with Crippen LogP contribution in [0.1, 0.15) is 70.1 Å². The minimum Gasteiger partial charge on any atom is -0.455 e. The minimum atomic E-state index is -0.337. The number of rotatable bonds is 8. The number of benzene rings is 2. The standard InChI is InChI=1S/C27H36O3/c1-19(2)24-16-15-20(3)17-25(24)29-18-26(28)30-27(23-13-9-6-10-14-23)21(4)22-11-7-5-8-12-22/h5-14,19-21,24-25,27H,15-18H2,1-4H3/t20-,21+,24-,25-,27-/m0/s1. The second-order valence-corrected chi connectivity index (χ2v) is 9.20. The number of carbonyl (C=O) groups is 1. The van der Waals surface area contributed by atoms with E-state index in [0.29, 0.717) is 17.8 Å². The largest absolute Gasteiger partial charge is 0.455 e. The lowest BCUT2D eigenvalue weighted by Gasteiger charge is -2.37. The summed E-state index contributed by atoms with van der Waals surface area (Å²) in [6, 6.07) is 20.2. The Kier molecular flexibility index (Phi) is 8.09. The zero-order chi connectivity index (χ0) is 21.5. The average molecular weight is 409 g/mol. The van der Waals surface area contributed by atoms with Crippen molar-refractivity contribution in [2.75, 3.05) is 6.61 Å². The molecule has 0 heterocycles. The summed E-state index contributed by atoms with van der Waals surface area (Å²) >= 11 is 0. The van der Waals surface area contributed by atoms with Crippen LogP contribution in [-0.2, 0) is 14.3 Å². The Morgan fingerprint density at radius 2 is 1.53 bits per heavy atom. The van der Waals surface area contributed by atoms with Gasteiger partial charge < -0.3 is 9.47 Å². The topological polar surface area (TPSA) is 35.5 Å². The van der Waals surface area contributed by atoms with Gasteiger partial charge in [-0.15, -0.1) is 0 Å². The number of hydrogen-bond acceptors (Lipinski definition) is 3. The maximum absolute atomic E-state index is 12.8. The number of esters is 1. The average Bonchev–Trinajstić information content (AvgIpc) is 2.76. The summed E-state index contributed by atoms with van der Waals surface area (Å²) in [7, 11) is 0. The van der Waals surface area contributed by atoms with Crippen LogP contribution >= 0.6 is 0 Å². The van der Waals surface area contributed by atoms with Crippen molar-refractivity contribution in [2.45, 2.75) is 65.1 Å². The molecule has 1 aliphatic carbocycles. The Balaban J connectivity index is 1.67. The third-order valence-electron chi connectivity index (χ3n) is 6.54. The van der Waals surface area contributed by atoms with E-state index in [-0.39, 0.29) is 30.7 Å². The van der Waals surface area contributed by atoms with Crippen LogP contribution < -0.4 is 0 Å². The molecular formula is C27H36O3. The first-order chi connectivity index (χ1) is 14.5. The molecule has 3 heteroatoms. The summed E-state index contributed by atoms with van der Waals surface area (Å²) in [5, 5.41) is 0.